The van der Waals surface area contributed by atoms with Gasteiger partial charge in [0.25, 0.3) is 0 Å². The van der Waals surface area contributed by atoms with Gasteiger partial charge in [0.15, 0.2) is 0 Å². The number of benzene rings is 2. The molecule has 0 atom stereocenters. The van der Waals surface area contributed by atoms with Crippen molar-refractivity contribution in [3.8, 4) is 0 Å². The third-order valence-electron chi connectivity index (χ3n) is 4.67. The molecule has 0 unspecified atom stereocenters. The van der Waals surface area contributed by atoms with Gasteiger partial charge in [-0.2, -0.15) is 0 Å². The standard InChI is InChI=1S/C20H22ClFN4O3S/c1-4-26-18-8-6-14(30(28,29)25(2)3)12-17(18)24-19(26)9-10-20(27)23-13-5-7-16(22)15(21)11-13/h5-8,11-12H,4,9-10H2,1-3H3,(H,23,27). The van der Waals surface area contributed by atoms with Gasteiger partial charge in [0.05, 0.1) is 21.0 Å². The smallest absolute Gasteiger partial charge is 0.242 e. The Kier molecular flexibility index (Phi) is 6.44. The molecule has 10 heteroatoms. The molecule has 0 saturated heterocycles. The van der Waals surface area contributed by atoms with Gasteiger partial charge in [-0.05, 0) is 43.3 Å². The van der Waals surface area contributed by atoms with Crippen molar-refractivity contribution in [2.75, 3.05) is 19.4 Å². The van der Waals surface area contributed by atoms with Crippen molar-refractivity contribution in [1.82, 2.24) is 13.9 Å². The number of carbonyl (C=O) groups is 1. The molecule has 1 heterocycles. The second-order valence-electron chi connectivity index (χ2n) is 6.89. The highest BCUT2D eigenvalue weighted by atomic mass is 35.5. The summed E-state index contributed by atoms with van der Waals surface area (Å²) in [6, 6.07) is 8.80. The number of aromatic nitrogens is 2. The first-order valence-corrected chi connectivity index (χ1v) is 11.1. The minimum atomic E-state index is -3.56. The summed E-state index contributed by atoms with van der Waals surface area (Å²) in [7, 11) is -0.614. The van der Waals surface area contributed by atoms with E-state index in [-0.39, 0.29) is 22.2 Å². The second kappa shape index (κ2) is 8.71. The Bertz CT molecular complexity index is 1210. The quantitative estimate of drug-likeness (QED) is 0.592. The molecule has 3 rings (SSSR count). The molecule has 0 fully saturated rings. The second-order valence-corrected chi connectivity index (χ2v) is 9.45. The molecule has 7 nitrogen and oxygen atoms in total. The van der Waals surface area contributed by atoms with E-state index >= 15 is 0 Å². The van der Waals surface area contributed by atoms with Gasteiger partial charge < -0.3 is 9.88 Å². The van der Waals surface area contributed by atoms with Crippen LogP contribution in [0.2, 0.25) is 5.02 Å². The van der Waals surface area contributed by atoms with E-state index in [0.717, 1.165) is 9.82 Å². The zero-order valence-corrected chi connectivity index (χ0v) is 18.4. The van der Waals surface area contributed by atoms with Crippen molar-refractivity contribution in [2.45, 2.75) is 31.2 Å². The highest BCUT2D eigenvalue weighted by molar-refractivity contribution is 7.89. The van der Waals surface area contributed by atoms with E-state index in [4.69, 9.17) is 11.6 Å². The van der Waals surface area contributed by atoms with Crippen LogP contribution in [0.15, 0.2) is 41.3 Å². The van der Waals surface area contributed by atoms with E-state index in [1.807, 2.05) is 11.5 Å². The number of nitrogens with one attached hydrogen (secondary N) is 1. The van der Waals surface area contributed by atoms with Crippen molar-refractivity contribution in [2.24, 2.45) is 0 Å². The number of hydrogen-bond donors (Lipinski definition) is 1. The van der Waals surface area contributed by atoms with Crippen LogP contribution in [0.1, 0.15) is 19.2 Å². The summed E-state index contributed by atoms with van der Waals surface area (Å²) >= 11 is 5.73. The molecule has 0 aliphatic carbocycles. The molecule has 30 heavy (non-hydrogen) atoms. The van der Waals surface area contributed by atoms with Crippen LogP contribution >= 0.6 is 11.6 Å². The van der Waals surface area contributed by atoms with Crippen LogP contribution in [0.5, 0.6) is 0 Å². The third-order valence-corrected chi connectivity index (χ3v) is 6.77. The summed E-state index contributed by atoms with van der Waals surface area (Å²) in [5.41, 5.74) is 1.77. The molecule has 160 valence electrons. The summed E-state index contributed by atoms with van der Waals surface area (Å²) in [5.74, 6) is -0.135. The Morgan fingerprint density at radius 3 is 2.60 bits per heavy atom. The van der Waals surface area contributed by atoms with E-state index < -0.39 is 15.8 Å². The molecule has 0 spiro atoms. The highest BCUT2D eigenvalue weighted by Crippen LogP contribution is 2.23. The van der Waals surface area contributed by atoms with Gasteiger partial charge in [-0.15, -0.1) is 0 Å². The summed E-state index contributed by atoms with van der Waals surface area (Å²) in [5, 5.41) is 2.62. The number of halogens is 2. The molecule has 0 radical (unpaired) electrons. The van der Waals surface area contributed by atoms with Gasteiger partial charge in [-0.1, -0.05) is 11.6 Å². The predicted molar refractivity (Wildman–Crippen MR) is 115 cm³/mol. The molecule has 1 aromatic heterocycles. The minimum Gasteiger partial charge on any atom is -0.328 e. The summed E-state index contributed by atoms with van der Waals surface area (Å²) in [4.78, 5) is 17.0. The lowest BCUT2D eigenvalue weighted by atomic mass is 10.2. The van der Waals surface area contributed by atoms with E-state index in [9.17, 15) is 17.6 Å². The number of rotatable bonds is 7. The molecule has 2 aromatic carbocycles. The van der Waals surface area contributed by atoms with Crippen LogP contribution in [-0.4, -0.2) is 42.3 Å². The van der Waals surface area contributed by atoms with Crippen molar-refractivity contribution in [1.29, 1.82) is 0 Å². The number of amides is 1. The lowest BCUT2D eigenvalue weighted by molar-refractivity contribution is -0.116. The first-order chi connectivity index (χ1) is 14.1. The molecule has 0 saturated carbocycles. The van der Waals surface area contributed by atoms with Crippen LogP contribution in [-0.2, 0) is 27.8 Å². The number of carbonyl (C=O) groups excluding carboxylic acids is 1. The zero-order chi connectivity index (χ0) is 22.1. The van der Waals surface area contributed by atoms with Crippen LogP contribution in [0.4, 0.5) is 10.1 Å². The van der Waals surface area contributed by atoms with E-state index in [1.54, 1.807) is 18.2 Å². The number of sulfonamides is 1. The third kappa shape index (κ3) is 4.48. The Balaban J connectivity index is 1.79. The van der Waals surface area contributed by atoms with Crippen molar-refractivity contribution < 1.29 is 17.6 Å². The monoisotopic (exact) mass is 452 g/mol. The number of imidazole rings is 1. The van der Waals surface area contributed by atoms with Crippen LogP contribution in [0.25, 0.3) is 11.0 Å². The van der Waals surface area contributed by atoms with E-state index in [1.165, 1.54) is 32.3 Å². The van der Waals surface area contributed by atoms with E-state index in [0.29, 0.717) is 30.0 Å². The Hall–Kier alpha value is -2.49. The number of hydrogen-bond acceptors (Lipinski definition) is 4. The van der Waals surface area contributed by atoms with Gasteiger partial charge in [0.1, 0.15) is 11.6 Å². The number of aryl methyl sites for hydroxylation is 2. The predicted octanol–water partition coefficient (Wildman–Crippen LogP) is 3.67. The van der Waals surface area contributed by atoms with Gasteiger partial charge in [-0.25, -0.2) is 22.1 Å². The molecule has 0 aliphatic heterocycles. The largest absolute Gasteiger partial charge is 0.328 e. The summed E-state index contributed by atoms with van der Waals surface area (Å²) in [6.45, 7) is 2.58. The SMILES string of the molecule is CCn1c(CCC(=O)Nc2ccc(F)c(Cl)c2)nc2cc(S(=O)(=O)N(C)C)ccc21. The summed E-state index contributed by atoms with van der Waals surface area (Å²) in [6.07, 6.45) is 0.514. The Morgan fingerprint density at radius 1 is 1.23 bits per heavy atom. The van der Waals surface area contributed by atoms with E-state index in [2.05, 4.69) is 10.3 Å². The zero-order valence-electron chi connectivity index (χ0n) is 16.8. The van der Waals surface area contributed by atoms with Gasteiger partial charge in [0, 0.05) is 39.2 Å². The first kappa shape index (κ1) is 22.2. The van der Waals surface area contributed by atoms with Crippen LogP contribution in [0.3, 0.4) is 0 Å². The van der Waals surface area contributed by atoms with Crippen molar-refractivity contribution in [3.63, 3.8) is 0 Å². The minimum absolute atomic E-state index is 0.0657. The number of nitrogens with zero attached hydrogens (tertiary/aromatic N) is 3. The van der Waals surface area contributed by atoms with Gasteiger partial charge in [-0.3, -0.25) is 4.79 Å². The molecule has 1 N–H and O–H groups in total. The maximum absolute atomic E-state index is 13.2. The maximum Gasteiger partial charge on any atom is 0.242 e. The highest BCUT2D eigenvalue weighted by Gasteiger charge is 2.19. The lowest BCUT2D eigenvalue weighted by Crippen LogP contribution is -2.22. The van der Waals surface area contributed by atoms with Gasteiger partial charge in [0.2, 0.25) is 15.9 Å². The lowest BCUT2D eigenvalue weighted by Gasteiger charge is -2.11. The fourth-order valence-electron chi connectivity index (χ4n) is 3.10. The van der Waals surface area contributed by atoms with Gasteiger partial charge >= 0.3 is 0 Å². The molecule has 0 bridgehead atoms. The first-order valence-electron chi connectivity index (χ1n) is 9.30. The molecule has 3 aromatic rings. The average Bonchev–Trinajstić information content (AvgIpc) is 3.05. The normalized spacial score (nSPS) is 11.9. The van der Waals surface area contributed by atoms with Crippen molar-refractivity contribution in [3.05, 3.63) is 53.1 Å². The van der Waals surface area contributed by atoms with Crippen molar-refractivity contribution >= 4 is 44.3 Å². The molecule has 0 aliphatic rings. The van der Waals surface area contributed by atoms with Crippen LogP contribution in [0, 0.1) is 5.82 Å². The number of anilines is 1. The number of fused-ring (bicyclic) bond motifs is 1. The Labute approximate surface area is 179 Å². The fourth-order valence-corrected chi connectivity index (χ4v) is 4.20. The maximum atomic E-state index is 13.2. The molecular weight excluding hydrogens is 431 g/mol. The molecular formula is C20H22ClFN4O3S. The Morgan fingerprint density at radius 2 is 1.97 bits per heavy atom. The topological polar surface area (TPSA) is 84.3 Å². The fraction of sp³-hybridized carbons (Fsp3) is 0.300. The van der Waals surface area contributed by atoms with Crippen LogP contribution < -0.4 is 5.32 Å². The molecule has 1 amide bonds. The average molecular weight is 453 g/mol. The summed E-state index contributed by atoms with van der Waals surface area (Å²) < 4.78 is 41.1.